The Bertz CT molecular complexity index is 1980. The number of amidine groups is 1. The molecule has 246 valence electrons. The number of aliphatic imine (C=N–C) groups is 2. The molecule has 0 aromatic heterocycles. The van der Waals surface area contributed by atoms with E-state index >= 15 is 0 Å². The second kappa shape index (κ2) is 14.1. The molecule has 1 aliphatic heterocycles. The lowest BCUT2D eigenvalue weighted by Gasteiger charge is -2.34. The Morgan fingerprint density at radius 3 is 2.31 bits per heavy atom. The average Bonchev–Trinajstić information content (AvgIpc) is 3.14. The van der Waals surface area contributed by atoms with Crippen LogP contribution < -0.4 is 5.73 Å². The average molecular weight is 661 g/mol. The van der Waals surface area contributed by atoms with Gasteiger partial charge in [-0.15, -0.1) is 0 Å². The Labute approximate surface area is 295 Å². The maximum absolute atomic E-state index is 8.56. The van der Waals surface area contributed by atoms with Gasteiger partial charge in [-0.1, -0.05) is 160 Å². The number of rotatable bonds is 7. The molecule has 49 heavy (non-hydrogen) atoms. The number of fused-ring (bicyclic) bond motifs is 1. The molecule has 4 aliphatic rings. The van der Waals surface area contributed by atoms with Crippen LogP contribution in [0.4, 0.5) is 0 Å². The zero-order valence-electron chi connectivity index (χ0n) is 28.5. The molecular formula is C44H44N4S. The Kier molecular flexibility index (Phi) is 9.48. The van der Waals surface area contributed by atoms with Crippen molar-refractivity contribution in [3.05, 3.63) is 161 Å². The van der Waals surface area contributed by atoms with E-state index in [1.807, 2.05) is 0 Å². The van der Waals surface area contributed by atoms with Gasteiger partial charge in [0.2, 0.25) is 0 Å². The molecule has 0 bridgehead atoms. The molecule has 1 heterocycles. The third-order valence-corrected chi connectivity index (χ3v) is 11.1. The second-order valence-electron chi connectivity index (χ2n) is 14.2. The van der Waals surface area contributed by atoms with Gasteiger partial charge in [0.05, 0.1) is 22.2 Å². The minimum Gasteiger partial charge on any atom is -0.316 e. The van der Waals surface area contributed by atoms with Gasteiger partial charge in [-0.25, -0.2) is 4.99 Å². The number of allylic oxidation sites excluding steroid dienone is 10. The first kappa shape index (κ1) is 32.9. The first-order chi connectivity index (χ1) is 23.7. The maximum Gasteiger partial charge on any atom is 0.151 e. The van der Waals surface area contributed by atoms with Gasteiger partial charge in [0, 0.05) is 23.7 Å². The fourth-order valence-electron chi connectivity index (χ4n) is 6.89. The fourth-order valence-corrected chi connectivity index (χ4v) is 7.87. The van der Waals surface area contributed by atoms with E-state index in [1.54, 1.807) is 0 Å². The molecule has 4 nitrogen and oxygen atoms in total. The molecule has 0 amide bonds. The van der Waals surface area contributed by atoms with Crippen LogP contribution in [0.1, 0.15) is 62.8 Å². The van der Waals surface area contributed by atoms with Crippen LogP contribution in [0.15, 0.2) is 155 Å². The largest absolute Gasteiger partial charge is 0.316 e. The van der Waals surface area contributed by atoms with Crippen molar-refractivity contribution in [1.82, 2.24) is 0 Å². The Morgan fingerprint density at radius 1 is 0.816 bits per heavy atom. The van der Waals surface area contributed by atoms with E-state index in [0.29, 0.717) is 5.04 Å². The van der Waals surface area contributed by atoms with Crippen LogP contribution in [0.25, 0.3) is 16.7 Å². The normalized spacial score (nSPS) is 22.3. The van der Waals surface area contributed by atoms with Gasteiger partial charge in [-0.2, -0.15) is 0 Å². The third-order valence-electron chi connectivity index (χ3n) is 9.73. The summed E-state index contributed by atoms with van der Waals surface area (Å²) in [5, 5.41) is 8.92. The number of hydrogen-bond acceptors (Lipinski definition) is 5. The van der Waals surface area contributed by atoms with Crippen LogP contribution >= 0.6 is 11.8 Å². The Hall–Kier alpha value is -4.58. The Balaban J connectivity index is 1.11. The molecule has 7 rings (SSSR count). The number of thioether (sulfide) groups is 1. The number of nitrogens with zero attached hydrogens (tertiary/aromatic N) is 2. The minimum absolute atomic E-state index is 0.0167. The van der Waals surface area contributed by atoms with Crippen molar-refractivity contribution in [3.8, 4) is 11.1 Å². The van der Waals surface area contributed by atoms with E-state index in [0.717, 1.165) is 36.4 Å². The third kappa shape index (κ3) is 7.24. The second-order valence-corrected chi connectivity index (χ2v) is 15.3. The zero-order valence-corrected chi connectivity index (χ0v) is 29.3. The van der Waals surface area contributed by atoms with Crippen LogP contribution in [0.2, 0.25) is 0 Å². The highest BCUT2D eigenvalue weighted by Crippen LogP contribution is 2.44. The first-order valence-electron chi connectivity index (χ1n) is 17.3. The topological polar surface area (TPSA) is 74.6 Å². The van der Waals surface area contributed by atoms with Crippen LogP contribution in [0, 0.1) is 22.7 Å². The predicted molar refractivity (Wildman–Crippen MR) is 210 cm³/mol. The number of hydrogen-bond donors (Lipinski definition) is 2. The summed E-state index contributed by atoms with van der Waals surface area (Å²) < 4.78 is 0. The smallest absolute Gasteiger partial charge is 0.151 e. The van der Waals surface area contributed by atoms with Crippen molar-refractivity contribution in [2.24, 2.45) is 33.0 Å². The van der Waals surface area contributed by atoms with Crippen LogP contribution in [0.5, 0.6) is 0 Å². The molecule has 3 aromatic carbocycles. The lowest BCUT2D eigenvalue weighted by molar-refractivity contribution is 0.597. The molecule has 0 saturated heterocycles. The zero-order chi connectivity index (χ0) is 34.0. The highest BCUT2D eigenvalue weighted by atomic mass is 32.2. The summed E-state index contributed by atoms with van der Waals surface area (Å²) >= 11 is 1.47. The molecule has 4 atom stereocenters. The molecule has 5 heteroatoms. The van der Waals surface area contributed by atoms with Crippen molar-refractivity contribution >= 4 is 33.9 Å². The highest BCUT2D eigenvalue weighted by molar-refractivity contribution is 8.14. The van der Waals surface area contributed by atoms with E-state index in [9.17, 15) is 0 Å². The lowest BCUT2D eigenvalue weighted by atomic mass is 9.73. The van der Waals surface area contributed by atoms with Gasteiger partial charge in [-0.05, 0) is 63.4 Å². The molecule has 0 saturated carbocycles. The summed E-state index contributed by atoms with van der Waals surface area (Å²) in [6.07, 6.45) is 22.5. The number of benzene rings is 3. The van der Waals surface area contributed by atoms with Gasteiger partial charge in [0.1, 0.15) is 0 Å². The molecular weight excluding hydrogens is 617 g/mol. The quantitative estimate of drug-likeness (QED) is 0.150. The lowest BCUT2D eigenvalue weighted by Crippen LogP contribution is -2.32. The fraction of sp³-hybridized carbons (Fsp3) is 0.250. The maximum atomic E-state index is 8.56. The summed E-state index contributed by atoms with van der Waals surface area (Å²) in [5.41, 5.74) is 17.3. The number of nitrogens with one attached hydrogen (secondary N) is 1. The van der Waals surface area contributed by atoms with E-state index in [1.165, 1.54) is 50.7 Å². The van der Waals surface area contributed by atoms with E-state index in [-0.39, 0.29) is 28.7 Å². The SMILES string of the molecule is CC(C)(C)C(=N)SC(N)C1=CC=CC2C(c3cccc(-c4ccc(C5CC(c6ccccc6)=NC(C6=CC=CCC6)=N5)cc4)c3)=CC=CC12. The van der Waals surface area contributed by atoms with Crippen molar-refractivity contribution < 1.29 is 0 Å². The molecule has 3 aliphatic carbocycles. The van der Waals surface area contributed by atoms with E-state index in [4.69, 9.17) is 21.1 Å². The standard InChI is InChI=1S/C44H44N4S/c1-44(2,3)43(46)49-41(45)38-22-12-20-36-35(19-11-21-37(36)38)34-18-10-17-33(27-34)29-23-25-31(26-24-29)40-28-39(30-13-6-4-7-14-30)47-42(48-40)32-15-8-5-9-16-32/h4-8,10-15,17-27,36-37,40-41,46H,9,16,28,45H2,1-3H3. The van der Waals surface area contributed by atoms with Gasteiger partial charge in [-0.3, -0.25) is 10.4 Å². The summed E-state index contributed by atoms with van der Waals surface area (Å²) in [6.45, 7) is 6.21. The van der Waals surface area contributed by atoms with Crippen molar-refractivity contribution in [2.75, 3.05) is 0 Å². The van der Waals surface area contributed by atoms with Gasteiger partial charge in [0.25, 0.3) is 0 Å². The predicted octanol–water partition coefficient (Wildman–Crippen LogP) is 10.7. The molecule has 3 N–H and O–H groups in total. The van der Waals surface area contributed by atoms with E-state index < -0.39 is 0 Å². The van der Waals surface area contributed by atoms with Crippen LogP contribution in [-0.4, -0.2) is 22.0 Å². The van der Waals surface area contributed by atoms with Gasteiger partial charge in [0.15, 0.2) is 5.84 Å². The minimum atomic E-state index is -0.256. The molecule has 0 radical (unpaired) electrons. The molecule has 0 spiro atoms. The highest BCUT2D eigenvalue weighted by Gasteiger charge is 2.33. The van der Waals surface area contributed by atoms with Crippen LogP contribution in [0.3, 0.4) is 0 Å². The van der Waals surface area contributed by atoms with Crippen molar-refractivity contribution in [2.45, 2.75) is 51.4 Å². The van der Waals surface area contributed by atoms with Gasteiger partial charge < -0.3 is 5.73 Å². The monoisotopic (exact) mass is 660 g/mol. The van der Waals surface area contributed by atoms with Crippen LogP contribution in [-0.2, 0) is 0 Å². The van der Waals surface area contributed by atoms with Crippen molar-refractivity contribution in [1.29, 1.82) is 5.41 Å². The molecule has 4 unspecified atom stereocenters. The summed E-state index contributed by atoms with van der Waals surface area (Å²) in [4.78, 5) is 10.3. The molecule has 0 fully saturated rings. The van der Waals surface area contributed by atoms with E-state index in [2.05, 4.69) is 154 Å². The van der Waals surface area contributed by atoms with Crippen molar-refractivity contribution in [3.63, 3.8) is 0 Å². The Morgan fingerprint density at radius 2 is 1.55 bits per heavy atom. The van der Waals surface area contributed by atoms with Gasteiger partial charge >= 0.3 is 0 Å². The summed E-state index contributed by atoms with van der Waals surface area (Å²) in [5.74, 6) is 1.24. The summed E-state index contributed by atoms with van der Waals surface area (Å²) in [6, 6.07) is 28.4. The number of nitrogens with two attached hydrogens (primary N) is 1. The molecule has 3 aromatic rings. The summed E-state index contributed by atoms with van der Waals surface area (Å²) in [7, 11) is 0. The first-order valence-corrected chi connectivity index (χ1v) is 18.2.